The molecule has 0 aliphatic carbocycles. The minimum atomic E-state index is -1.54. The summed E-state index contributed by atoms with van der Waals surface area (Å²) in [4.78, 5) is 25.6. The number of hydrogen-bond donors (Lipinski definition) is 2. The Morgan fingerprint density at radius 1 is 1.27 bits per heavy atom. The van der Waals surface area contributed by atoms with Crippen LogP contribution in [0, 0.1) is 11.6 Å². The van der Waals surface area contributed by atoms with Gasteiger partial charge in [-0.15, -0.1) is 11.3 Å². The summed E-state index contributed by atoms with van der Waals surface area (Å²) < 4.78 is 27.3. The smallest absolute Gasteiger partial charge is 0.338 e. The standard InChI is InChI=1S/C14H10F2N2O3S/c1-7(19)17-14-18-9(6-22-14)4-2-8-3-5-10(13(20)21)12(16)11(8)15/h2-6H,1H3,(H,20,21)(H,17,18,19)/b4-2+. The lowest BCUT2D eigenvalue weighted by Crippen LogP contribution is -2.05. The number of nitrogens with zero attached hydrogens (tertiary/aromatic N) is 1. The third-order valence-electron chi connectivity index (χ3n) is 2.58. The van der Waals surface area contributed by atoms with Gasteiger partial charge in [-0.3, -0.25) is 4.79 Å². The summed E-state index contributed by atoms with van der Waals surface area (Å²) >= 11 is 1.19. The molecule has 0 bridgehead atoms. The Balaban J connectivity index is 2.23. The van der Waals surface area contributed by atoms with Crippen LogP contribution in [0.4, 0.5) is 13.9 Å². The molecule has 1 amide bonds. The first-order valence-electron chi connectivity index (χ1n) is 6.01. The number of hydrogen-bond acceptors (Lipinski definition) is 4. The van der Waals surface area contributed by atoms with Gasteiger partial charge in [0.1, 0.15) is 0 Å². The fourth-order valence-electron chi connectivity index (χ4n) is 1.60. The topological polar surface area (TPSA) is 79.3 Å². The van der Waals surface area contributed by atoms with Crippen molar-refractivity contribution in [3.8, 4) is 0 Å². The number of rotatable bonds is 4. The van der Waals surface area contributed by atoms with Crippen LogP contribution in [-0.2, 0) is 4.79 Å². The van der Waals surface area contributed by atoms with Gasteiger partial charge in [-0.1, -0.05) is 6.07 Å². The second-order valence-corrected chi connectivity index (χ2v) is 5.09. The number of aromatic nitrogens is 1. The molecule has 0 saturated carbocycles. The lowest BCUT2D eigenvalue weighted by Gasteiger charge is -2.01. The zero-order valence-electron chi connectivity index (χ0n) is 11.3. The number of carbonyl (C=O) groups excluding carboxylic acids is 1. The number of halogens is 2. The van der Waals surface area contributed by atoms with Crippen LogP contribution in [0.15, 0.2) is 17.5 Å². The molecule has 1 heterocycles. The molecule has 2 rings (SSSR count). The van der Waals surface area contributed by atoms with Gasteiger partial charge < -0.3 is 10.4 Å². The van der Waals surface area contributed by atoms with Gasteiger partial charge in [0.2, 0.25) is 5.91 Å². The van der Waals surface area contributed by atoms with Crippen LogP contribution < -0.4 is 5.32 Å². The Morgan fingerprint density at radius 3 is 2.64 bits per heavy atom. The summed E-state index contributed by atoms with van der Waals surface area (Å²) in [6, 6.07) is 2.16. The number of anilines is 1. The van der Waals surface area contributed by atoms with Gasteiger partial charge in [0.15, 0.2) is 16.8 Å². The maximum atomic E-state index is 13.7. The predicted molar refractivity (Wildman–Crippen MR) is 78.7 cm³/mol. The van der Waals surface area contributed by atoms with Gasteiger partial charge in [0, 0.05) is 17.9 Å². The number of aromatic carboxylic acids is 1. The second-order valence-electron chi connectivity index (χ2n) is 4.23. The summed E-state index contributed by atoms with van der Waals surface area (Å²) in [5.41, 5.74) is -0.372. The maximum Gasteiger partial charge on any atom is 0.338 e. The van der Waals surface area contributed by atoms with Crippen molar-refractivity contribution in [1.29, 1.82) is 0 Å². The van der Waals surface area contributed by atoms with Crippen LogP contribution in [0.5, 0.6) is 0 Å². The Bertz CT molecular complexity index is 771. The third-order valence-corrected chi connectivity index (χ3v) is 3.36. The molecule has 1 aromatic carbocycles. The van der Waals surface area contributed by atoms with E-state index >= 15 is 0 Å². The molecule has 0 fully saturated rings. The molecule has 0 radical (unpaired) electrons. The van der Waals surface area contributed by atoms with Crippen LogP contribution in [0.2, 0.25) is 0 Å². The lowest BCUT2D eigenvalue weighted by molar-refractivity contribution is -0.114. The highest BCUT2D eigenvalue weighted by atomic mass is 32.1. The van der Waals surface area contributed by atoms with Crippen molar-refractivity contribution < 1.29 is 23.5 Å². The summed E-state index contributed by atoms with van der Waals surface area (Å²) in [5.74, 6) is -4.45. The molecule has 1 aromatic heterocycles. The first kappa shape index (κ1) is 15.8. The Kier molecular flexibility index (Phi) is 4.62. The van der Waals surface area contributed by atoms with Crippen molar-refractivity contribution in [3.63, 3.8) is 0 Å². The largest absolute Gasteiger partial charge is 0.478 e. The molecule has 8 heteroatoms. The average molecular weight is 324 g/mol. The second kappa shape index (κ2) is 6.44. The van der Waals surface area contributed by atoms with E-state index in [4.69, 9.17) is 5.11 Å². The zero-order valence-corrected chi connectivity index (χ0v) is 12.1. The molecule has 0 spiro atoms. The Hall–Kier alpha value is -2.61. The average Bonchev–Trinajstić information content (AvgIpc) is 2.86. The molecule has 2 aromatic rings. The number of carboxylic acids is 1. The summed E-state index contributed by atoms with van der Waals surface area (Å²) in [6.07, 6.45) is 2.71. The SMILES string of the molecule is CC(=O)Nc1nc(/C=C/c2ccc(C(=O)O)c(F)c2F)cs1. The highest BCUT2D eigenvalue weighted by Crippen LogP contribution is 2.20. The van der Waals surface area contributed by atoms with E-state index in [2.05, 4.69) is 10.3 Å². The van der Waals surface area contributed by atoms with E-state index in [0.717, 1.165) is 6.07 Å². The summed E-state index contributed by atoms with van der Waals surface area (Å²) in [5, 5.41) is 13.2. The molecule has 0 saturated heterocycles. The van der Waals surface area contributed by atoms with E-state index in [-0.39, 0.29) is 11.5 Å². The number of carboxylic acid groups (broad SMARTS) is 1. The van der Waals surface area contributed by atoms with Crippen LogP contribution in [0.25, 0.3) is 12.2 Å². The minimum Gasteiger partial charge on any atom is -0.478 e. The van der Waals surface area contributed by atoms with Crippen LogP contribution in [0.3, 0.4) is 0 Å². The van der Waals surface area contributed by atoms with Crippen molar-refractivity contribution in [2.75, 3.05) is 5.32 Å². The van der Waals surface area contributed by atoms with Gasteiger partial charge >= 0.3 is 5.97 Å². The van der Waals surface area contributed by atoms with Crippen molar-refractivity contribution in [1.82, 2.24) is 4.98 Å². The van der Waals surface area contributed by atoms with E-state index < -0.39 is 23.2 Å². The fraction of sp³-hybridized carbons (Fsp3) is 0.0714. The van der Waals surface area contributed by atoms with Gasteiger partial charge in [-0.05, 0) is 18.2 Å². The van der Waals surface area contributed by atoms with E-state index in [9.17, 15) is 18.4 Å². The maximum absolute atomic E-state index is 13.7. The minimum absolute atomic E-state index is 0.100. The van der Waals surface area contributed by atoms with E-state index in [1.807, 2.05) is 0 Å². The quantitative estimate of drug-likeness (QED) is 0.905. The Labute approximate surface area is 127 Å². The normalized spacial score (nSPS) is 10.9. The third kappa shape index (κ3) is 3.53. The van der Waals surface area contributed by atoms with Gasteiger partial charge in [0.25, 0.3) is 0 Å². The highest BCUT2D eigenvalue weighted by molar-refractivity contribution is 7.14. The van der Waals surface area contributed by atoms with Crippen molar-refractivity contribution in [3.05, 3.63) is 46.0 Å². The molecule has 0 aliphatic heterocycles. The lowest BCUT2D eigenvalue weighted by atomic mass is 10.1. The summed E-state index contributed by atoms with van der Waals surface area (Å²) in [7, 11) is 0. The van der Waals surface area contributed by atoms with Gasteiger partial charge in [0.05, 0.1) is 11.3 Å². The molecule has 5 nitrogen and oxygen atoms in total. The van der Waals surface area contributed by atoms with Gasteiger partial charge in [-0.2, -0.15) is 0 Å². The van der Waals surface area contributed by atoms with E-state index in [1.54, 1.807) is 5.38 Å². The predicted octanol–water partition coefficient (Wildman–Crippen LogP) is 3.25. The first-order valence-corrected chi connectivity index (χ1v) is 6.89. The molecule has 0 unspecified atom stereocenters. The molecule has 0 aliphatic rings. The summed E-state index contributed by atoms with van der Waals surface area (Å²) in [6.45, 7) is 1.35. The number of amides is 1. The molecule has 2 N–H and O–H groups in total. The molecular formula is C14H10F2N2O3S. The van der Waals surface area contributed by atoms with Crippen molar-refractivity contribution >= 4 is 40.5 Å². The first-order chi connectivity index (χ1) is 10.4. The number of thiazole rings is 1. The molecule has 0 atom stereocenters. The van der Waals surface area contributed by atoms with Crippen molar-refractivity contribution in [2.24, 2.45) is 0 Å². The Morgan fingerprint density at radius 2 is 2.00 bits per heavy atom. The molecule has 22 heavy (non-hydrogen) atoms. The monoisotopic (exact) mass is 324 g/mol. The number of carbonyl (C=O) groups is 2. The molecular weight excluding hydrogens is 314 g/mol. The van der Waals surface area contributed by atoms with Crippen LogP contribution in [-0.4, -0.2) is 22.0 Å². The highest BCUT2D eigenvalue weighted by Gasteiger charge is 2.16. The number of benzene rings is 1. The van der Waals surface area contributed by atoms with Crippen LogP contribution >= 0.6 is 11.3 Å². The molecule has 114 valence electrons. The van der Waals surface area contributed by atoms with Gasteiger partial charge in [-0.25, -0.2) is 18.6 Å². The van der Waals surface area contributed by atoms with E-state index in [1.165, 1.54) is 36.5 Å². The van der Waals surface area contributed by atoms with E-state index in [0.29, 0.717) is 10.8 Å². The zero-order chi connectivity index (χ0) is 16.3. The fourth-order valence-corrected chi connectivity index (χ4v) is 2.33. The van der Waals surface area contributed by atoms with Crippen molar-refractivity contribution in [2.45, 2.75) is 6.92 Å². The van der Waals surface area contributed by atoms with Crippen LogP contribution in [0.1, 0.15) is 28.5 Å². The number of nitrogens with one attached hydrogen (secondary N) is 1.